The van der Waals surface area contributed by atoms with Crippen LogP contribution in [0.15, 0.2) is 30.3 Å². The molecule has 3 nitrogen and oxygen atoms in total. The number of hydrogen-bond donors (Lipinski definition) is 0. The predicted octanol–water partition coefficient (Wildman–Crippen LogP) is 3.77. The van der Waals surface area contributed by atoms with Crippen molar-refractivity contribution in [2.45, 2.75) is 57.5 Å². The summed E-state index contributed by atoms with van der Waals surface area (Å²) in [5.41, 5.74) is 0.815. The number of carbonyl (C=O) groups is 1. The van der Waals surface area contributed by atoms with E-state index in [9.17, 15) is 4.79 Å². The van der Waals surface area contributed by atoms with Crippen molar-refractivity contribution in [3.05, 3.63) is 35.9 Å². The summed E-state index contributed by atoms with van der Waals surface area (Å²) in [6.45, 7) is 5.84. The molecule has 1 heterocycles. The first-order valence-electron chi connectivity index (χ1n) is 8.87. The minimum Gasteiger partial charge on any atom is -0.381 e. The Morgan fingerprint density at radius 1 is 1.22 bits per heavy atom. The zero-order chi connectivity index (χ0) is 16.5. The Morgan fingerprint density at radius 2 is 1.91 bits per heavy atom. The van der Waals surface area contributed by atoms with Crippen molar-refractivity contribution in [3.8, 4) is 0 Å². The van der Waals surface area contributed by atoms with Gasteiger partial charge in [-0.15, -0.1) is 0 Å². The molecule has 1 aliphatic heterocycles. The number of amides is 1. The number of rotatable bonds is 3. The zero-order valence-corrected chi connectivity index (χ0v) is 14.7. The lowest BCUT2D eigenvalue weighted by molar-refractivity contribution is -0.142. The maximum Gasteiger partial charge on any atom is 0.232 e. The minimum absolute atomic E-state index is 0.190. The molecule has 1 amide bonds. The zero-order valence-electron chi connectivity index (χ0n) is 14.7. The minimum atomic E-state index is -0.471. The van der Waals surface area contributed by atoms with Gasteiger partial charge in [-0.25, -0.2) is 0 Å². The van der Waals surface area contributed by atoms with Crippen LogP contribution >= 0.6 is 0 Å². The third-order valence-corrected chi connectivity index (χ3v) is 6.03. The summed E-state index contributed by atoms with van der Waals surface area (Å²) in [6, 6.07) is 10.2. The molecule has 1 saturated carbocycles. The van der Waals surface area contributed by atoms with Gasteiger partial charge in [-0.05, 0) is 45.1 Å². The molecule has 1 aromatic rings. The Bertz CT molecular complexity index is 554. The van der Waals surface area contributed by atoms with Gasteiger partial charge in [-0.2, -0.15) is 0 Å². The molecule has 1 aliphatic carbocycles. The third kappa shape index (κ3) is 2.91. The van der Waals surface area contributed by atoms with Crippen molar-refractivity contribution in [3.63, 3.8) is 0 Å². The van der Waals surface area contributed by atoms with Gasteiger partial charge in [0.1, 0.15) is 0 Å². The maximum absolute atomic E-state index is 13.2. The smallest absolute Gasteiger partial charge is 0.232 e. The fourth-order valence-electron chi connectivity index (χ4n) is 4.65. The van der Waals surface area contributed by atoms with Gasteiger partial charge < -0.3 is 9.64 Å². The van der Waals surface area contributed by atoms with Crippen LogP contribution in [0, 0.1) is 5.41 Å². The molecule has 126 valence electrons. The number of ether oxygens (including phenoxy) is 1. The Labute approximate surface area is 140 Å². The van der Waals surface area contributed by atoms with E-state index in [0.29, 0.717) is 6.10 Å². The van der Waals surface area contributed by atoms with E-state index in [2.05, 4.69) is 17.0 Å². The fourth-order valence-corrected chi connectivity index (χ4v) is 4.65. The van der Waals surface area contributed by atoms with Crippen LogP contribution in [0.3, 0.4) is 0 Å². The molecule has 0 unspecified atom stereocenters. The van der Waals surface area contributed by atoms with E-state index in [1.807, 2.05) is 39.2 Å². The molecule has 2 fully saturated rings. The molecule has 3 heteroatoms. The van der Waals surface area contributed by atoms with Crippen LogP contribution in [0.4, 0.5) is 0 Å². The topological polar surface area (TPSA) is 29.5 Å². The van der Waals surface area contributed by atoms with Crippen LogP contribution in [0.5, 0.6) is 0 Å². The fraction of sp³-hybridized carbons (Fsp3) is 0.650. The molecule has 0 N–H and O–H groups in total. The first-order valence-corrected chi connectivity index (χ1v) is 8.87. The van der Waals surface area contributed by atoms with Crippen LogP contribution in [0.2, 0.25) is 0 Å². The SMILES string of the molecule is CO[C@@H]1CCC[C@]12CCCN(C(=O)C(C)(C)c1ccccc1)C2. The Morgan fingerprint density at radius 3 is 2.61 bits per heavy atom. The van der Waals surface area contributed by atoms with Crippen molar-refractivity contribution >= 4 is 5.91 Å². The van der Waals surface area contributed by atoms with Gasteiger partial charge in [-0.3, -0.25) is 4.79 Å². The summed E-state index contributed by atoms with van der Waals surface area (Å²) >= 11 is 0. The van der Waals surface area contributed by atoms with E-state index < -0.39 is 5.41 Å². The summed E-state index contributed by atoms with van der Waals surface area (Å²) in [5.74, 6) is 0.254. The summed E-state index contributed by atoms with van der Waals surface area (Å²) in [5, 5.41) is 0. The van der Waals surface area contributed by atoms with Crippen molar-refractivity contribution in [1.82, 2.24) is 4.90 Å². The van der Waals surface area contributed by atoms with Gasteiger partial charge in [0.15, 0.2) is 0 Å². The summed E-state index contributed by atoms with van der Waals surface area (Å²) in [6.07, 6.45) is 6.17. The molecule has 2 atom stereocenters. The molecular weight excluding hydrogens is 286 g/mol. The van der Waals surface area contributed by atoms with Gasteiger partial charge >= 0.3 is 0 Å². The van der Waals surface area contributed by atoms with Crippen LogP contribution in [-0.2, 0) is 14.9 Å². The highest BCUT2D eigenvalue weighted by molar-refractivity contribution is 5.87. The molecule has 3 rings (SSSR count). The second-order valence-corrected chi connectivity index (χ2v) is 7.80. The van der Waals surface area contributed by atoms with E-state index in [4.69, 9.17) is 4.74 Å². The molecule has 1 saturated heterocycles. The van der Waals surface area contributed by atoms with Crippen molar-refractivity contribution < 1.29 is 9.53 Å². The number of hydrogen-bond acceptors (Lipinski definition) is 2. The highest BCUT2D eigenvalue weighted by Crippen LogP contribution is 2.47. The third-order valence-electron chi connectivity index (χ3n) is 6.03. The standard InChI is InChI=1S/C20H29NO2/c1-19(2,16-9-5-4-6-10-16)18(22)21-14-8-13-20(15-21)12-7-11-17(20)23-3/h4-6,9-10,17H,7-8,11-15H2,1-3H3/t17-,20-/m1/s1. The molecular formula is C20H29NO2. The maximum atomic E-state index is 13.2. The van der Waals surface area contributed by atoms with E-state index >= 15 is 0 Å². The second-order valence-electron chi connectivity index (χ2n) is 7.80. The average molecular weight is 315 g/mol. The van der Waals surface area contributed by atoms with Crippen LogP contribution in [0.25, 0.3) is 0 Å². The number of carbonyl (C=O) groups excluding carboxylic acids is 1. The van der Waals surface area contributed by atoms with Crippen molar-refractivity contribution in [2.24, 2.45) is 5.41 Å². The highest BCUT2D eigenvalue weighted by Gasteiger charge is 2.48. The number of benzene rings is 1. The van der Waals surface area contributed by atoms with E-state index in [-0.39, 0.29) is 11.3 Å². The predicted molar refractivity (Wildman–Crippen MR) is 92.4 cm³/mol. The van der Waals surface area contributed by atoms with Crippen molar-refractivity contribution in [1.29, 1.82) is 0 Å². The Kier molecular flexibility index (Phi) is 4.50. The lowest BCUT2D eigenvalue weighted by Gasteiger charge is -2.45. The molecule has 1 spiro atoms. The molecule has 2 aliphatic rings. The molecule has 0 aromatic heterocycles. The lowest BCUT2D eigenvalue weighted by atomic mass is 9.75. The van der Waals surface area contributed by atoms with Crippen molar-refractivity contribution in [2.75, 3.05) is 20.2 Å². The first-order chi connectivity index (χ1) is 11.0. The van der Waals surface area contributed by atoms with Crippen LogP contribution in [0.1, 0.15) is 51.5 Å². The largest absolute Gasteiger partial charge is 0.381 e. The van der Waals surface area contributed by atoms with Gasteiger partial charge in [0.25, 0.3) is 0 Å². The monoisotopic (exact) mass is 315 g/mol. The van der Waals surface area contributed by atoms with E-state index in [1.54, 1.807) is 0 Å². The molecule has 1 aromatic carbocycles. The highest BCUT2D eigenvalue weighted by atomic mass is 16.5. The van der Waals surface area contributed by atoms with Crippen LogP contribution < -0.4 is 0 Å². The van der Waals surface area contributed by atoms with Gasteiger partial charge in [-0.1, -0.05) is 36.8 Å². The van der Waals surface area contributed by atoms with Gasteiger partial charge in [0.2, 0.25) is 5.91 Å². The summed E-state index contributed by atoms with van der Waals surface area (Å²) in [4.78, 5) is 15.3. The van der Waals surface area contributed by atoms with Crippen LogP contribution in [-0.4, -0.2) is 37.1 Å². The second kappa shape index (κ2) is 6.27. The Hall–Kier alpha value is -1.35. The number of piperidine rings is 1. The van der Waals surface area contributed by atoms with Gasteiger partial charge in [0, 0.05) is 25.6 Å². The quantitative estimate of drug-likeness (QED) is 0.850. The average Bonchev–Trinajstić information content (AvgIpc) is 2.96. The number of methoxy groups -OCH3 is 1. The Balaban J connectivity index is 1.80. The number of likely N-dealkylation sites (tertiary alicyclic amines) is 1. The van der Waals surface area contributed by atoms with E-state index in [1.165, 1.54) is 19.3 Å². The van der Waals surface area contributed by atoms with E-state index in [0.717, 1.165) is 31.5 Å². The number of nitrogens with zero attached hydrogens (tertiary/aromatic N) is 1. The van der Waals surface area contributed by atoms with Gasteiger partial charge in [0.05, 0.1) is 11.5 Å². The summed E-state index contributed by atoms with van der Waals surface area (Å²) in [7, 11) is 1.83. The molecule has 0 bridgehead atoms. The summed E-state index contributed by atoms with van der Waals surface area (Å²) < 4.78 is 5.76. The first kappa shape index (κ1) is 16.5. The molecule has 0 radical (unpaired) electrons. The molecule has 23 heavy (non-hydrogen) atoms. The normalized spacial score (nSPS) is 28.3. The lowest BCUT2D eigenvalue weighted by Crippen LogP contribution is -2.53.